The lowest BCUT2D eigenvalue weighted by Crippen LogP contribution is -2.25. The molecule has 4 rings (SSSR count). The summed E-state index contributed by atoms with van der Waals surface area (Å²) in [5, 5.41) is 4.48. The van der Waals surface area contributed by atoms with Crippen LogP contribution in [0.15, 0.2) is 72.0 Å². The van der Waals surface area contributed by atoms with E-state index in [0.29, 0.717) is 11.5 Å². The molecule has 0 amide bonds. The maximum Gasteiger partial charge on any atom is 0.337 e. The smallest absolute Gasteiger partial charge is 0.337 e. The largest absolute Gasteiger partial charge is 0.465 e. The number of rotatable bonds is 10. The maximum atomic E-state index is 12.2. The molecule has 2 heterocycles. The molecule has 0 aliphatic carbocycles. The van der Waals surface area contributed by atoms with Gasteiger partial charge < -0.3 is 19.5 Å². The van der Waals surface area contributed by atoms with Crippen LogP contribution in [-0.2, 0) is 11.2 Å². The van der Waals surface area contributed by atoms with Crippen LogP contribution in [0.5, 0.6) is 0 Å². The van der Waals surface area contributed by atoms with Crippen LogP contribution in [0.3, 0.4) is 0 Å². The Kier molecular flexibility index (Phi) is 8.06. The topological polar surface area (TPSA) is 58.9 Å². The van der Waals surface area contributed by atoms with Crippen molar-refractivity contribution >= 4 is 34.6 Å². The fraction of sp³-hybridized carbons (Fsp3) is 0.333. The lowest BCUT2D eigenvalue weighted by Gasteiger charge is -2.19. The van der Waals surface area contributed by atoms with Gasteiger partial charge in [0.1, 0.15) is 5.82 Å². The van der Waals surface area contributed by atoms with E-state index in [0.717, 1.165) is 60.5 Å². The van der Waals surface area contributed by atoms with Gasteiger partial charge in [-0.3, -0.25) is 0 Å². The Balaban J connectivity index is 1.46. The predicted octanol–water partition coefficient (Wildman–Crippen LogP) is 6.31. The van der Waals surface area contributed by atoms with Crippen LogP contribution < -0.4 is 5.32 Å². The van der Waals surface area contributed by atoms with Crippen molar-refractivity contribution in [3.63, 3.8) is 0 Å². The molecule has 1 aliphatic rings. The highest BCUT2D eigenvalue weighted by molar-refractivity contribution is 5.97. The van der Waals surface area contributed by atoms with E-state index in [2.05, 4.69) is 83.8 Å². The maximum absolute atomic E-state index is 12.2. The first kappa shape index (κ1) is 25.5. The summed E-state index contributed by atoms with van der Waals surface area (Å²) in [6.45, 7) is 10.2. The monoisotopic (exact) mass is 484 g/mol. The third kappa shape index (κ3) is 5.94. The number of nitrogens with zero attached hydrogens (tertiary/aromatic N) is 3. The van der Waals surface area contributed by atoms with Crippen LogP contribution in [0.2, 0.25) is 0 Å². The summed E-state index contributed by atoms with van der Waals surface area (Å²) in [4.78, 5) is 19.0. The van der Waals surface area contributed by atoms with E-state index in [9.17, 15) is 4.79 Å². The molecule has 1 aliphatic heterocycles. The molecular formula is C30H36N4O2. The van der Waals surface area contributed by atoms with Crippen molar-refractivity contribution in [1.82, 2.24) is 9.47 Å². The minimum atomic E-state index is -0.327. The lowest BCUT2D eigenvalue weighted by atomic mass is 10.0. The molecule has 6 heteroatoms. The summed E-state index contributed by atoms with van der Waals surface area (Å²) < 4.78 is 7.08. The van der Waals surface area contributed by atoms with Gasteiger partial charge in [0, 0.05) is 42.3 Å². The van der Waals surface area contributed by atoms with Crippen molar-refractivity contribution in [2.24, 2.45) is 4.99 Å². The molecular weight excluding hydrogens is 448 g/mol. The average molecular weight is 485 g/mol. The van der Waals surface area contributed by atoms with Crippen molar-refractivity contribution in [2.45, 2.75) is 39.0 Å². The molecule has 0 fully saturated rings. The summed E-state index contributed by atoms with van der Waals surface area (Å²) in [7, 11) is 3.51. The van der Waals surface area contributed by atoms with Crippen LogP contribution in [0.4, 0.5) is 5.69 Å². The molecule has 6 nitrogen and oxygen atoms in total. The predicted molar refractivity (Wildman–Crippen MR) is 150 cm³/mol. The van der Waals surface area contributed by atoms with E-state index in [1.165, 1.54) is 18.2 Å². The highest BCUT2D eigenvalue weighted by Gasteiger charge is 2.16. The van der Waals surface area contributed by atoms with Crippen LogP contribution in [0, 0.1) is 0 Å². The van der Waals surface area contributed by atoms with Gasteiger partial charge in [-0.1, -0.05) is 32.6 Å². The third-order valence-electron chi connectivity index (χ3n) is 6.52. The van der Waals surface area contributed by atoms with Crippen molar-refractivity contribution in [3.05, 3.63) is 83.7 Å². The van der Waals surface area contributed by atoms with Crippen LogP contribution in [-0.4, -0.2) is 48.9 Å². The molecule has 1 N–H and O–H groups in total. The normalized spacial score (nSPS) is 13.3. The molecule has 0 bridgehead atoms. The number of carbonyl (C=O) groups is 1. The van der Waals surface area contributed by atoms with Crippen molar-refractivity contribution in [2.75, 3.05) is 32.6 Å². The van der Waals surface area contributed by atoms with Crippen molar-refractivity contribution in [3.8, 4) is 0 Å². The third-order valence-corrected chi connectivity index (χ3v) is 6.52. The molecule has 0 spiro atoms. The highest BCUT2D eigenvalue weighted by atomic mass is 16.5. The summed E-state index contributed by atoms with van der Waals surface area (Å²) in [5.74, 6) is 1.12. The fourth-order valence-corrected chi connectivity index (χ4v) is 4.50. The van der Waals surface area contributed by atoms with Crippen molar-refractivity contribution < 1.29 is 9.53 Å². The van der Waals surface area contributed by atoms with Crippen molar-refractivity contribution in [1.29, 1.82) is 0 Å². The van der Waals surface area contributed by atoms with Gasteiger partial charge in [-0.25, -0.2) is 9.79 Å². The zero-order chi connectivity index (χ0) is 25.7. The Morgan fingerprint density at radius 2 is 1.97 bits per heavy atom. The zero-order valence-corrected chi connectivity index (χ0v) is 21.8. The number of esters is 1. The van der Waals surface area contributed by atoms with Gasteiger partial charge in [0.05, 0.1) is 18.2 Å². The number of methoxy groups -OCH3 is 1. The Morgan fingerprint density at radius 3 is 2.64 bits per heavy atom. The minimum Gasteiger partial charge on any atom is -0.465 e. The van der Waals surface area contributed by atoms with E-state index in [1.807, 2.05) is 24.4 Å². The average Bonchev–Trinajstić information content (AvgIpc) is 3.25. The van der Waals surface area contributed by atoms with E-state index in [-0.39, 0.29) is 5.97 Å². The second kappa shape index (κ2) is 11.4. The summed E-state index contributed by atoms with van der Waals surface area (Å²) in [5.41, 5.74) is 6.10. The number of hydrogen-bond donors (Lipinski definition) is 1. The Bertz CT molecular complexity index is 1300. The molecule has 0 unspecified atom stereocenters. The molecule has 188 valence electrons. The molecule has 0 saturated carbocycles. The number of aromatic nitrogens is 1. The first-order valence-electron chi connectivity index (χ1n) is 12.5. The first-order valence-corrected chi connectivity index (χ1v) is 12.5. The quantitative estimate of drug-likeness (QED) is 0.342. The van der Waals surface area contributed by atoms with Gasteiger partial charge >= 0.3 is 5.97 Å². The molecule has 3 aromatic rings. The number of ether oxygens (including phenoxy) is 1. The SMILES string of the molecule is C=C(CN(C)CCc1cn(C2=CCCC=N2)c2ccc(C(=O)OC)cc12)Nc1ccc(C(C)C)cc1. The van der Waals surface area contributed by atoms with Gasteiger partial charge in [-0.15, -0.1) is 0 Å². The fourth-order valence-electron chi connectivity index (χ4n) is 4.50. The van der Waals surface area contributed by atoms with Gasteiger partial charge in [-0.05, 0) is 79.8 Å². The lowest BCUT2D eigenvalue weighted by molar-refractivity contribution is 0.0601. The Labute approximate surface area is 214 Å². The van der Waals surface area contributed by atoms with E-state index in [4.69, 9.17) is 4.74 Å². The second-order valence-corrected chi connectivity index (χ2v) is 9.69. The van der Waals surface area contributed by atoms with Crippen LogP contribution in [0.25, 0.3) is 16.7 Å². The molecule has 36 heavy (non-hydrogen) atoms. The molecule has 0 radical (unpaired) electrons. The van der Waals surface area contributed by atoms with E-state index in [1.54, 1.807) is 0 Å². The summed E-state index contributed by atoms with van der Waals surface area (Å²) in [6, 6.07) is 14.3. The number of fused-ring (bicyclic) bond motifs is 1. The number of hydrogen-bond acceptors (Lipinski definition) is 5. The Hall–Kier alpha value is -3.64. The van der Waals surface area contributed by atoms with Gasteiger partial charge in [0.15, 0.2) is 0 Å². The highest BCUT2D eigenvalue weighted by Crippen LogP contribution is 2.28. The number of allylic oxidation sites excluding steroid dienone is 1. The van der Waals surface area contributed by atoms with E-state index < -0.39 is 0 Å². The number of nitrogens with one attached hydrogen (secondary N) is 1. The number of anilines is 1. The molecule has 0 atom stereocenters. The molecule has 2 aromatic carbocycles. The van der Waals surface area contributed by atoms with Crippen LogP contribution >= 0.6 is 0 Å². The number of benzene rings is 2. The summed E-state index contributed by atoms with van der Waals surface area (Å²) >= 11 is 0. The number of likely N-dealkylation sites (N-methyl/N-ethyl adjacent to an activating group) is 1. The molecule has 1 aromatic heterocycles. The van der Waals surface area contributed by atoms with Crippen LogP contribution in [0.1, 0.15) is 54.1 Å². The number of aliphatic imine (C=N–C) groups is 1. The second-order valence-electron chi connectivity index (χ2n) is 9.69. The zero-order valence-electron chi connectivity index (χ0n) is 21.8. The van der Waals surface area contributed by atoms with Gasteiger partial charge in [-0.2, -0.15) is 0 Å². The van der Waals surface area contributed by atoms with Gasteiger partial charge in [0.25, 0.3) is 0 Å². The standard InChI is InChI=1S/C30H36N4O2/c1-21(2)23-9-12-26(13-10-23)32-22(3)19-33(4)17-15-25-20-34(29-8-6-7-16-31-29)28-14-11-24(18-27(25)28)30(35)36-5/h8-14,16,18,20-21,32H,3,6-7,15,17,19H2,1-2,4-5H3. The Morgan fingerprint density at radius 1 is 1.19 bits per heavy atom. The first-order chi connectivity index (χ1) is 17.4. The molecule has 0 saturated heterocycles. The number of carbonyl (C=O) groups excluding carboxylic acids is 1. The van der Waals surface area contributed by atoms with E-state index >= 15 is 0 Å². The summed E-state index contributed by atoms with van der Waals surface area (Å²) in [6.07, 6.45) is 9.05. The van der Waals surface area contributed by atoms with Gasteiger partial charge in [0.2, 0.25) is 0 Å². The minimum absolute atomic E-state index is 0.327.